The summed E-state index contributed by atoms with van der Waals surface area (Å²) in [5, 5.41) is 9.32. The van der Waals surface area contributed by atoms with Crippen molar-refractivity contribution in [3.63, 3.8) is 0 Å². The Labute approximate surface area is 119 Å². The first-order valence-electron chi connectivity index (χ1n) is 7.30. The van der Waals surface area contributed by atoms with E-state index in [0.29, 0.717) is 18.4 Å². The molecule has 0 atom stereocenters. The molecule has 0 radical (unpaired) electrons. The van der Waals surface area contributed by atoms with E-state index in [9.17, 15) is 4.79 Å². The summed E-state index contributed by atoms with van der Waals surface area (Å²) in [4.78, 5) is 20.2. The minimum absolute atomic E-state index is 0.154. The highest BCUT2D eigenvalue weighted by Crippen LogP contribution is 2.18. The summed E-state index contributed by atoms with van der Waals surface area (Å²) in [7, 11) is 0. The Balaban J connectivity index is 1.71. The van der Waals surface area contributed by atoms with Gasteiger partial charge in [0.1, 0.15) is 5.82 Å². The number of rotatable bonds is 8. The topological polar surface area (TPSA) is 78.9 Å². The zero-order valence-electron chi connectivity index (χ0n) is 12.2. The zero-order valence-corrected chi connectivity index (χ0v) is 12.2. The molecule has 20 heavy (non-hydrogen) atoms. The van der Waals surface area contributed by atoms with Crippen LogP contribution in [0.1, 0.15) is 38.3 Å². The number of aryl methyl sites for hydroxylation is 1. The molecule has 6 nitrogen and oxygen atoms in total. The van der Waals surface area contributed by atoms with E-state index in [1.165, 1.54) is 0 Å². The van der Waals surface area contributed by atoms with Crippen molar-refractivity contribution in [2.24, 2.45) is 0 Å². The SMILES string of the molecule is CCNc1nc(C)cc(NCCCC(=O)NC2CC2)n1. The minimum Gasteiger partial charge on any atom is -0.370 e. The lowest BCUT2D eigenvalue weighted by Gasteiger charge is -2.09. The fourth-order valence-electron chi connectivity index (χ4n) is 1.89. The highest BCUT2D eigenvalue weighted by Gasteiger charge is 2.22. The van der Waals surface area contributed by atoms with Gasteiger partial charge in [0.2, 0.25) is 11.9 Å². The van der Waals surface area contributed by atoms with Gasteiger partial charge in [0, 0.05) is 37.3 Å². The second-order valence-corrected chi connectivity index (χ2v) is 5.12. The first kappa shape index (κ1) is 14.6. The highest BCUT2D eigenvalue weighted by molar-refractivity contribution is 5.76. The van der Waals surface area contributed by atoms with Gasteiger partial charge in [-0.05, 0) is 33.1 Å². The Bertz CT molecular complexity index is 459. The second-order valence-electron chi connectivity index (χ2n) is 5.12. The molecule has 0 spiro atoms. The van der Waals surface area contributed by atoms with Crippen molar-refractivity contribution in [2.75, 3.05) is 23.7 Å². The van der Waals surface area contributed by atoms with Gasteiger partial charge in [-0.3, -0.25) is 4.79 Å². The molecule has 1 fully saturated rings. The predicted octanol–water partition coefficient (Wildman–Crippen LogP) is 1.69. The molecule has 1 aliphatic rings. The van der Waals surface area contributed by atoms with Crippen LogP contribution < -0.4 is 16.0 Å². The van der Waals surface area contributed by atoms with Gasteiger partial charge in [0.25, 0.3) is 0 Å². The van der Waals surface area contributed by atoms with Crippen molar-refractivity contribution in [1.29, 1.82) is 0 Å². The number of nitrogens with zero attached hydrogens (tertiary/aromatic N) is 2. The molecule has 1 aromatic heterocycles. The van der Waals surface area contributed by atoms with Gasteiger partial charge in [-0.15, -0.1) is 0 Å². The number of aromatic nitrogens is 2. The fourth-order valence-corrected chi connectivity index (χ4v) is 1.89. The Hall–Kier alpha value is -1.85. The van der Waals surface area contributed by atoms with Crippen LogP contribution in [0, 0.1) is 6.92 Å². The lowest BCUT2D eigenvalue weighted by molar-refractivity contribution is -0.121. The molecule has 0 aromatic carbocycles. The van der Waals surface area contributed by atoms with Gasteiger partial charge < -0.3 is 16.0 Å². The molecule has 0 saturated heterocycles. The van der Waals surface area contributed by atoms with Crippen molar-refractivity contribution >= 4 is 17.7 Å². The van der Waals surface area contributed by atoms with Crippen molar-refractivity contribution in [1.82, 2.24) is 15.3 Å². The van der Waals surface area contributed by atoms with Gasteiger partial charge in [-0.1, -0.05) is 0 Å². The van der Waals surface area contributed by atoms with Crippen LogP contribution in [-0.4, -0.2) is 35.0 Å². The molecule has 0 aliphatic heterocycles. The highest BCUT2D eigenvalue weighted by atomic mass is 16.1. The molecule has 0 unspecified atom stereocenters. The average molecular weight is 277 g/mol. The van der Waals surface area contributed by atoms with E-state index >= 15 is 0 Å². The molecule has 1 saturated carbocycles. The fraction of sp³-hybridized carbons (Fsp3) is 0.643. The Kier molecular flexibility index (Phi) is 5.15. The molecule has 1 amide bonds. The number of nitrogens with one attached hydrogen (secondary N) is 3. The number of anilines is 2. The largest absolute Gasteiger partial charge is 0.370 e. The molecule has 2 rings (SSSR count). The smallest absolute Gasteiger partial charge is 0.224 e. The number of carbonyl (C=O) groups excluding carboxylic acids is 1. The van der Waals surface area contributed by atoms with Crippen LogP contribution in [0.15, 0.2) is 6.07 Å². The standard InChI is InChI=1S/C14H23N5O/c1-3-15-14-17-10(2)9-12(19-14)16-8-4-5-13(20)18-11-6-7-11/h9,11H,3-8H2,1-2H3,(H,18,20)(H2,15,16,17,19). The maximum Gasteiger partial charge on any atom is 0.224 e. The number of carbonyl (C=O) groups is 1. The predicted molar refractivity (Wildman–Crippen MR) is 79.8 cm³/mol. The third-order valence-electron chi connectivity index (χ3n) is 3.02. The van der Waals surface area contributed by atoms with Gasteiger partial charge in [0.05, 0.1) is 0 Å². The lowest BCUT2D eigenvalue weighted by atomic mass is 10.3. The molecule has 0 bridgehead atoms. The summed E-state index contributed by atoms with van der Waals surface area (Å²) in [6.07, 6.45) is 3.64. The second kappa shape index (κ2) is 7.07. The van der Waals surface area contributed by atoms with Crippen molar-refractivity contribution in [3.05, 3.63) is 11.8 Å². The third kappa shape index (κ3) is 5.03. The molecule has 3 N–H and O–H groups in total. The molecule has 1 aliphatic carbocycles. The van der Waals surface area contributed by atoms with Crippen LogP contribution in [-0.2, 0) is 4.79 Å². The maximum absolute atomic E-state index is 11.5. The van der Waals surface area contributed by atoms with Crippen LogP contribution in [0.2, 0.25) is 0 Å². The maximum atomic E-state index is 11.5. The summed E-state index contributed by atoms with van der Waals surface area (Å²) in [5.41, 5.74) is 0.921. The normalized spacial score (nSPS) is 13.9. The number of hydrogen-bond acceptors (Lipinski definition) is 5. The summed E-state index contributed by atoms with van der Waals surface area (Å²) in [6, 6.07) is 2.35. The van der Waals surface area contributed by atoms with E-state index in [1.54, 1.807) is 0 Å². The summed E-state index contributed by atoms with van der Waals surface area (Å²) >= 11 is 0. The van der Waals surface area contributed by atoms with Crippen molar-refractivity contribution < 1.29 is 4.79 Å². The van der Waals surface area contributed by atoms with Crippen molar-refractivity contribution in [3.8, 4) is 0 Å². The van der Waals surface area contributed by atoms with Gasteiger partial charge >= 0.3 is 0 Å². The van der Waals surface area contributed by atoms with Crippen LogP contribution in [0.3, 0.4) is 0 Å². The van der Waals surface area contributed by atoms with E-state index in [-0.39, 0.29) is 5.91 Å². The van der Waals surface area contributed by atoms with Gasteiger partial charge in [0.15, 0.2) is 0 Å². The quantitative estimate of drug-likeness (QED) is 0.630. The van der Waals surface area contributed by atoms with Crippen molar-refractivity contribution in [2.45, 2.75) is 45.6 Å². The summed E-state index contributed by atoms with van der Waals surface area (Å²) < 4.78 is 0. The van der Waals surface area contributed by atoms with E-state index in [1.807, 2.05) is 19.9 Å². The number of hydrogen-bond donors (Lipinski definition) is 3. The molecule has 110 valence electrons. The van der Waals surface area contributed by atoms with Crippen LogP contribution in [0.4, 0.5) is 11.8 Å². The van der Waals surface area contributed by atoms with Crippen LogP contribution in [0.25, 0.3) is 0 Å². The Morgan fingerprint density at radius 3 is 2.85 bits per heavy atom. The third-order valence-corrected chi connectivity index (χ3v) is 3.02. The molecular weight excluding hydrogens is 254 g/mol. The Morgan fingerprint density at radius 1 is 1.35 bits per heavy atom. The zero-order chi connectivity index (χ0) is 14.4. The number of amides is 1. The van der Waals surface area contributed by atoms with Crippen LogP contribution in [0.5, 0.6) is 0 Å². The van der Waals surface area contributed by atoms with E-state index in [4.69, 9.17) is 0 Å². The van der Waals surface area contributed by atoms with Gasteiger partial charge in [-0.2, -0.15) is 4.98 Å². The summed E-state index contributed by atoms with van der Waals surface area (Å²) in [6.45, 7) is 5.48. The van der Waals surface area contributed by atoms with Crippen LogP contribution >= 0.6 is 0 Å². The monoisotopic (exact) mass is 277 g/mol. The minimum atomic E-state index is 0.154. The van der Waals surface area contributed by atoms with E-state index in [2.05, 4.69) is 25.9 Å². The van der Waals surface area contributed by atoms with E-state index in [0.717, 1.165) is 43.9 Å². The van der Waals surface area contributed by atoms with Gasteiger partial charge in [-0.25, -0.2) is 4.98 Å². The molecule has 1 aromatic rings. The average Bonchev–Trinajstić information content (AvgIpc) is 3.18. The molecular formula is C14H23N5O. The molecule has 6 heteroatoms. The Morgan fingerprint density at radius 2 is 2.15 bits per heavy atom. The first-order chi connectivity index (χ1) is 9.67. The summed E-state index contributed by atoms with van der Waals surface area (Å²) in [5.74, 6) is 1.60. The molecule has 1 heterocycles. The van der Waals surface area contributed by atoms with E-state index < -0.39 is 0 Å². The first-order valence-corrected chi connectivity index (χ1v) is 7.30. The lowest BCUT2D eigenvalue weighted by Crippen LogP contribution is -2.25.